The number of anilines is 1. The van der Waals surface area contributed by atoms with Gasteiger partial charge in [0.15, 0.2) is 0 Å². The number of hydrogen-bond donors (Lipinski definition) is 1. The van der Waals surface area contributed by atoms with Crippen LogP contribution in [0.2, 0.25) is 0 Å². The molecular weight excluding hydrogens is 224 g/mol. The van der Waals surface area contributed by atoms with E-state index >= 15 is 0 Å². The minimum absolute atomic E-state index is 0.324. The van der Waals surface area contributed by atoms with E-state index in [0.29, 0.717) is 25.7 Å². The highest BCUT2D eigenvalue weighted by molar-refractivity contribution is 5.45. The molecule has 1 aromatic rings. The van der Waals surface area contributed by atoms with E-state index in [-0.39, 0.29) is 5.41 Å². The summed E-state index contributed by atoms with van der Waals surface area (Å²) in [5.41, 5.74) is 2.11. The maximum absolute atomic E-state index is 9.09. The molecule has 0 amide bonds. The van der Waals surface area contributed by atoms with Crippen molar-refractivity contribution in [2.45, 2.75) is 26.2 Å². The largest absolute Gasteiger partial charge is 0.383 e. The van der Waals surface area contributed by atoms with E-state index in [1.807, 2.05) is 0 Å². The number of benzene rings is 1. The molecule has 1 fully saturated rings. The van der Waals surface area contributed by atoms with Gasteiger partial charge in [-0.2, -0.15) is 5.26 Å². The molecule has 3 heteroatoms. The maximum Gasteiger partial charge on any atom is 0.121 e. The van der Waals surface area contributed by atoms with Gasteiger partial charge in [0.2, 0.25) is 0 Å². The fourth-order valence-electron chi connectivity index (χ4n) is 1.99. The van der Waals surface area contributed by atoms with Gasteiger partial charge in [-0.3, -0.25) is 0 Å². The van der Waals surface area contributed by atoms with Gasteiger partial charge in [0.05, 0.1) is 19.3 Å². The van der Waals surface area contributed by atoms with Crippen LogP contribution in [-0.2, 0) is 4.74 Å². The highest BCUT2D eigenvalue weighted by Crippen LogP contribution is 2.27. The van der Waals surface area contributed by atoms with Crippen molar-refractivity contribution in [3.63, 3.8) is 0 Å². The Balaban J connectivity index is 1.93. The molecule has 18 heavy (non-hydrogen) atoms. The second kappa shape index (κ2) is 5.41. The molecule has 1 atom stereocenters. The summed E-state index contributed by atoms with van der Waals surface area (Å²) >= 11 is 0. The lowest BCUT2D eigenvalue weighted by Crippen LogP contribution is -2.46. The summed E-state index contributed by atoms with van der Waals surface area (Å²) in [6.45, 7) is 6.18. The Hall–Kier alpha value is -1.53. The van der Waals surface area contributed by atoms with E-state index in [2.05, 4.69) is 49.5 Å². The van der Waals surface area contributed by atoms with Crippen molar-refractivity contribution < 1.29 is 4.74 Å². The van der Waals surface area contributed by atoms with Crippen LogP contribution >= 0.6 is 0 Å². The van der Waals surface area contributed by atoms with Crippen LogP contribution in [0.25, 0.3) is 0 Å². The fraction of sp³-hybridized carbons (Fsp3) is 0.533. The SMILES string of the molecule is CCC(C)c1ccc(NCC2(C#N)COC2)cc1. The van der Waals surface area contributed by atoms with Gasteiger partial charge < -0.3 is 10.1 Å². The van der Waals surface area contributed by atoms with Crippen molar-refractivity contribution in [3.8, 4) is 6.07 Å². The zero-order chi connectivity index (χ0) is 13.0. The van der Waals surface area contributed by atoms with Crippen LogP contribution in [-0.4, -0.2) is 19.8 Å². The molecule has 2 rings (SSSR count). The number of nitrogens with zero attached hydrogens (tertiary/aromatic N) is 1. The second-order valence-corrected chi connectivity index (χ2v) is 5.17. The summed E-state index contributed by atoms with van der Waals surface area (Å²) in [6.07, 6.45) is 1.15. The number of ether oxygens (including phenoxy) is 1. The third kappa shape index (κ3) is 2.65. The minimum Gasteiger partial charge on any atom is -0.383 e. The molecule has 1 unspecified atom stereocenters. The quantitative estimate of drug-likeness (QED) is 0.865. The number of rotatable bonds is 5. The van der Waals surface area contributed by atoms with Crippen molar-refractivity contribution in [2.24, 2.45) is 5.41 Å². The monoisotopic (exact) mass is 244 g/mol. The molecule has 0 spiro atoms. The first-order valence-electron chi connectivity index (χ1n) is 6.52. The Morgan fingerprint density at radius 1 is 1.39 bits per heavy atom. The summed E-state index contributed by atoms with van der Waals surface area (Å²) in [6, 6.07) is 10.8. The molecule has 0 radical (unpaired) electrons. The summed E-state index contributed by atoms with van der Waals surface area (Å²) < 4.78 is 5.12. The van der Waals surface area contributed by atoms with Crippen molar-refractivity contribution in [1.29, 1.82) is 5.26 Å². The number of hydrogen-bond acceptors (Lipinski definition) is 3. The lowest BCUT2D eigenvalue weighted by Gasteiger charge is -2.35. The van der Waals surface area contributed by atoms with Gasteiger partial charge in [-0.05, 0) is 30.0 Å². The van der Waals surface area contributed by atoms with Crippen molar-refractivity contribution in [1.82, 2.24) is 0 Å². The predicted octanol–water partition coefficient (Wildman–Crippen LogP) is 3.15. The van der Waals surface area contributed by atoms with Crippen molar-refractivity contribution in [3.05, 3.63) is 29.8 Å². The lowest BCUT2D eigenvalue weighted by molar-refractivity contribution is -0.0690. The average molecular weight is 244 g/mol. The normalized spacial score (nSPS) is 18.5. The van der Waals surface area contributed by atoms with Gasteiger partial charge in [-0.15, -0.1) is 0 Å². The first kappa shape index (κ1) is 12.9. The van der Waals surface area contributed by atoms with Gasteiger partial charge in [-0.1, -0.05) is 26.0 Å². The molecule has 1 aromatic carbocycles. The zero-order valence-electron chi connectivity index (χ0n) is 11.1. The molecule has 96 valence electrons. The molecular formula is C15H20N2O. The Bertz CT molecular complexity index is 429. The first-order valence-corrected chi connectivity index (χ1v) is 6.52. The lowest BCUT2D eigenvalue weighted by atomic mass is 9.88. The van der Waals surface area contributed by atoms with E-state index in [9.17, 15) is 0 Å². The standard InChI is InChI=1S/C15H20N2O/c1-3-12(2)13-4-6-14(7-5-13)17-9-15(8-16)10-18-11-15/h4-7,12,17H,3,9-11H2,1-2H3. The van der Waals surface area contributed by atoms with E-state index in [1.165, 1.54) is 5.56 Å². The van der Waals surface area contributed by atoms with Gasteiger partial charge in [0, 0.05) is 12.2 Å². The Morgan fingerprint density at radius 3 is 2.50 bits per heavy atom. The van der Waals surface area contributed by atoms with Crippen LogP contribution in [0.1, 0.15) is 31.7 Å². The first-order chi connectivity index (χ1) is 8.69. The van der Waals surface area contributed by atoms with E-state index < -0.39 is 0 Å². The van der Waals surface area contributed by atoms with Gasteiger partial charge in [0.25, 0.3) is 0 Å². The highest BCUT2D eigenvalue weighted by Gasteiger charge is 2.38. The minimum atomic E-state index is -0.324. The van der Waals surface area contributed by atoms with Crippen LogP contribution in [0, 0.1) is 16.7 Å². The van der Waals surface area contributed by atoms with E-state index in [0.717, 1.165) is 12.1 Å². The summed E-state index contributed by atoms with van der Waals surface area (Å²) in [4.78, 5) is 0. The summed E-state index contributed by atoms with van der Waals surface area (Å²) in [5, 5.41) is 12.4. The molecule has 0 bridgehead atoms. The van der Waals surface area contributed by atoms with Gasteiger partial charge in [-0.25, -0.2) is 0 Å². The smallest absolute Gasteiger partial charge is 0.121 e. The molecule has 1 aliphatic rings. The Labute approximate surface area is 109 Å². The summed E-state index contributed by atoms with van der Waals surface area (Å²) in [5.74, 6) is 0.601. The third-order valence-corrected chi connectivity index (χ3v) is 3.72. The van der Waals surface area contributed by atoms with Crippen LogP contribution in [0.3, 0.4) is 0 Å². The number of nitriles is 1. The fourth-order valence-corrected chi connectivity index (χ4v) is 1.99. The van der Waals surface area contributed by atoms with Crippen LogP contribution in [0.4, 0.5) is 5.69 Å². The third-order valence-electron chi connectivity index (χ3n) is 3.72. The van der Waals surface area contributed by atoms with Gasteiger partial charge in [0.1, 0.15) is 5.41 Å². The molecule has 0 aromatic heterocycles. The van der Waals surface area contributed by atoms with Gasteiger partial charge >= 0.3 is 0 Å². The molecule has 1 heterocycles. The van der Waals surface area contributed by atoms with Crippen molar-refractivity contribution in [2.75, 3.05) is 25.1 Å². The maximum atomic E-state index is 9.09. The van der Waals surface area contributed by atoms with Crippen LogP contribution < -0.4 is 5.32 Å². The topological polar surface area (TPSA) is 45.0 Å². The Kier molecular flexibility index (Phi) is 3.88. The molecule has 3 nitrogen and oxygen atoms in total. The predicted molar refractivity (Wildman–Crippen MR) is 72.5 cm³/mol. The van der Waals surface area contributed by atoms with Crippen LogP contribution in [0.15, 0.2) is 24.3 Å². The highest BCUT2D eigenvalue weighted by atomic mass is 16.5. The Morgan fingerprint density at radius 2 is 2.06 bits per heavy atom. The molecule has 1 saturated heterocycles. The van der Waals surface area contributed by atoms with Crippen LogP contribution in [0.5, 0.6) is 0 Å². The van der Waals surface area contributed by atoms with E-state index in [1.54, 1.807) is 0 Å². The molecule has 0 aliphatic carbocycles. The van der Waals surface area contributed by atoms with Crippen molar-refractivity contribution >= 4 is 5.69 Å². The zero-order valence-corrected chi connectivity index (χ0v) is 11.1. The molecule has 1 N–H and O–H groups in total. The van der Waals surface area contributed by atoms with E-state index in [4.69, 9.17) is 10.00 Å². The molecule has 0 saturated carbocycles. The summed E-state index contributed by atoms with van der Waals surface area (Å²) in [7, 11) is 0. The second-order valence-electron chi connectivity index (χ2n) is 5.17. The average Bonchev–Trinajstić information content (AvgIpc) is 2.38. The number of nitrogens with one attached hydrogen (secondary N) is 1. The molecule has 1 aliphatic heterocycles.